The molecule has 0 saturated heterocycles. The van der Waals surface area contributed by atoms with Crippen molar-refractivity contribution in [3.63, 3.8) is 0 Å². The number of aromatic amines is 1. The Morgan fingerprint density at radius 2 is 1.83 bits per heavy atom. The molecule has 5 N–H and O–H groups in total. The van der Waals surface area contributed by atoms with Crippen molar-refractivity contribution in [3.05, 3.63) is 41.7 Å². The van der Waals surface area contributed by atoms with Crippen LogP contribution in [0.15, 0.2) is 21.4 Å². The van der Waals surface area contributed by atoms with Crippen LogP contribution in [0.2, 0.25) is 0 Å². The summed E-state index contributed by atoms with van der Waals surface area (Å²) in [4.78, 5) is 37.2. The first-order valence-electron chi connectivity index (χ1n) is 6.24. The van der Waals surface area contributed by atoms with Gasteiger partial charge in [0.15, 0.2) is 0 Å². The summed E-state index contributed by atoms with van der Waals surface area (Å²) in [5, 5.41) is 18.8. The number of aromatic carboxylic acids is 2. The molecule has 0 radical (unpaired) electrons. The van der Waals surface area contributed by atoms with E-state index in [0.29, 0.717) is 13.8 Å². The monoisotopic (exact) mass is 508 g/mol. The van der Waals surface area contributed by atoms with Gasteiger partial charge in [-0.3, -0.25) is 4.79 Å². The zero-order valence-electron chi connectivity index (χ0n) is 12.0. The molecule has 1 heterocycles. The topological polar surface area (TPSA) is 143 Å². The predicted octanol–water partition coefficient (Wildman–Crippen LogP) is 2.40. The first-order valence-corrected chi connectivity index (χ1v) is 8.12. The zero-order chi connectivity index (χ0) is 18.2. The van der Waals surface area contributed by atoms with Gasteiger partial charge in [0.25, 0.3) is 5.56 Å². The van der Waals surface area contributed by atoms with Crippen molar-refractivity contribution in [1.82, 2.24) is 4.98 Å². The third-order valence-corrected chi connectivity index (χ3v) is 4.70. The maximum Gasteiger partial charge on any atom is 0.342 e. The molecule has 0 atom stereocenters. The molecule has 1 aromatic heterocycles. The highest BCUT2D eigenvalue weighted by Crippen LogP contribution is 2.38. The van der Waals surface area contributed by atoms with Gasteiger partial charge >= 0.3 is 11.9 Å². The highest BCUT2D eigenvalue weighted by atomic mass is 127. The summed E-state index contributed by atoms with van der Waals surface area (Å²) in [5.74, 6) is -2.97. The van der Waals surface area contributed by atoms with Gasteiger partial charge in [-0.2, -0.15) is 0 Å². The Labute approximate surface area is 156 Å². The fourth-order valence-corrected chi connectivity index (χ4v) is 3.41. The van der Waals surface area contributed by atoms with Crippen LogP contribution in [0.3, 0.4) is 0 Å². The lowest BCUT2D eigenvalue weighted by molar-refractivity contribution is 0.0695. The zero-order valence-corrected chi connectivity index (χ0v) is 15.8. The molecule has 0 saturated carbocycles. The van der Waals surface area contributed by atoms with Crippen LogP contribution in [-0.4, -0.2) is 34.2 Å². The first-order chi connectivity index (χ1) is 11.2. The smallest absolute Gasteiger partial charge is 0.342 e. The van der Waals surface area contributed by atoms with Crippen LogP contribution < -0.4 is 16.0 Å². The van der Waals surface area contributed by atoms with E-state index in [4.69, 9.17) is 10.5 Å². The molecule has 0 bridgehead atoms. The van der Waals surface area contributed by atoms with E-state index in [1.807, 2.05) is 22.6 Å². The Morgan fingerprint density at radius 3 is 2.33 bits per heavy atom. The average Bonchev–Trinajstić information content (AvgIpc) is 2.47. The van der Waals surface area contributed by atoms with E-state index in [1.165, 1.54) is 13.2 Å². The number of hydrogen-bond acceptors (Lipinski definition) is 5. The van der Waals surface area contributed by atoms with E-state index in [9.17, 15) is 24.6 Å². The Hall–Kier alpha value is -2.08. The van der Waals surface area contributed by atoms with Gasteiger partial charge in [0, 0.05) is 9.13 Å². The van der Waals surface area contributed by atoms with Gasteiger partial charge in [-0.15, -0.1) is 0 Å². The normalized spacial score (nSPS) is 10.5. The number of anilines is 1. The summed E-state index contributed by atoms with van der Waals surface area (Å²) < 4.78 is 6.10. The van der Waals surface area contributed by atoms with Crippen LogP contribution in [0.25, 0.3) is 11.1 Å². The van der Waals surface area contributed by atoms with Crippen molar-refractivity contribution in [2.45, 2.75) is 0 Å². The fourth-order valence-electron chi connectivity index (χ4n) is 2.19. The van der Waals surface area contributed by atoms with Crippen LogP contribution in [0.4, 0.5) is 5.82 Å². The van der Waals surface area contributed by atoms with Crippen LogP contribution in [-0.2, 0) is 0 Å². The van der Waals surface area contributed by atoms with Crippen LogP contribution in [0.1, 0.15) is 20.7 Å². The van der Waals surface area contributed by atoms with Gasteiger partial charge in [0.2, 0.25) is 0 Å². The molecule has 8 nitrogen and oxygen atoms in total. The molecule has 0 aliphatic carbocycles. The second kappa shape index (κ2) is 6.81. The Morgan fingerprint density at radius 1 is 1.25 bits per heavy atom. The highest BCUT2D eigenvalue weighted by Gasteiger charge is 2.28. The number of nitrogens with one attached hydrogen (secondary N) is 1. The Kier molecular flexibility index (Phi) is 5.18. The minimum absolute atomic E-state index is 0.232. The Bertz CT molecular complexity index is 924. The molecule has 10 heteroatoms. The van der Waals surface area contributed by atoms with Crippen molar-refractivity contribution >= 4 is 56.3 Å². The standard InChI is InChI=1S/C14H10BrIN2O6/c1-24-7-3-6(16)4(2-5(7)15)8-9(13(20)21)11(17)18-12(19)10(8)14(22)23/h2-3H,1H3,(H,20,21)(H,22,23)(H3,17,18,19). The van der Waals surface area contributed by atoms with E-state index < -0.39 is 34.4 Å². The lowest BCUT2D eigenvalue weighted by Crippen LogP contribution is -2.24. The molecule has 0 aliphatic rings. The van der Waals surface area contributed by atoms with Gasteiger partial charge < -0.3 is 25.7 Å². The number of hydrogen-bond donors (Lipinski definition) is 4. The SMILES string of the molecule is COc1cc(I)c(-c2c(C(=O)O)c(N)[nH]c(=O)c2C(=O)O)cc1Br. The lowest BCUT2D eigenvalue weighted by atomic mass is 9.95. The van der Waals surface area contributed by atoms with Crippen molar-refractivity contribution in [2.24, 2.45) is 0 Å². The summed E-state index contributed by atoms with van der Waals surface area (Å²) in [6.45, 7) is 0. The maximum atomic E-state index is 12.0. The quantitative estimate of drug-likeness (QED) is 0.464. The number of nitrogens with two attached hydrogens (primary N) is 1. The summed E-state index contributed by atoms with van der Waals surface area (Å²) in [6, 6.07) is 3.06. The molecule has 0 unspecified atom stereocenters. The van der Waals surface area contributed by atoms with Gasteiger partial charge in [0.05, 0.1) is 11.6 Å². The average molecular weight is 509 g/mol. The fraction of sp³-hybridized carbons (Fsp3) is 0.0714. The van der Waals surface area contributed by atoms with E-state index in [2.05, 4.69) is 20.9 Å². The highest BCUT2D eigenvalue weighted by molar-refractivity contribution is 14.1. The number of ether oxygens (including phenoxy) is 1. The number of benzene rings is 1. The number of carboxylic acid groups (broad SMARTS) is 2. The molecular formula is C14H10BrIN2O6. The second-order valence-corrected chi connectivity index (χ2v) is 6.59. The van der Waals surface area contributed by atoms with Crippen LogP contribution in [0, 0.1) is 3.57 Å². The molecule has 0 fully saturated rings. The Balaban J connectivity index is 3.02. The van der Waals surface area contributed by atoms with Gasteiger partial charge in [-0.05, 0) is 56.2 Å². The number of methoxy groups -OCH3 is 1. The van der Waals surface area contributed by atoms with E-state index >= 15 is 0 Å². The summed E-state index contributed by atoms with van der Waals surface area (Å²) in [7, 11) is 1.45. The van der Waals surface area contributed by atoms with E-state index in [0.717, 1.165) is 0 Å². The number of carbonyl (C=O) groups is 2. The van der Waals surface area contributed by atoms with Gasteiger partial charge in [0.1, 0.15) is 22.7 Å². The summed E-state index contributed by atoms with van der Waals surface area (Å²) in [5.41, 5.74) is 3.41. The van der Waals surface area contributed by atoms with Crippen molar-refractivity contribution in [2.75, 3.05) is 12.8 Å². The molecule has 2 rings (SSSR count). The molecule has 0 amide bonds. The number of halogens is 2. The van der Waals surface area contributed by atoms with E-state index in [1.54, 1.807) is 6.07 Å². The minimum atomic E-state index is -1.56. The number of carboxylic acids is 2. The van der Waals surface area contributed by atoms with Crippen molar-refractivity contribution < 1.29 is 24.5 Å². The summed E-state index contributed by atoms with van der Waals surface area (Å²) in [6.07, 6.45) is 0. The molecule has 0 spiro atoms. The number of aromatic nitrogens is 1. The third kappa shape index (κ3) is 3.11. The number of pyridine rings is 1. The largest absolute Gasteiger partial charge is 0.496 e. The maximum absolute atomic E-state index is 12.0. The number of rotatable bonds is 4. The van der Waals surface area contributed by atoms with Gasteiger partial charge in [-0.1, -0.05) is 0 Å². The lowest BCUT2D eigenvalue weighted by Gasteiger charge is -2.15. The summed E-state index contributed by atoms with van der Waals surface area (Å²) >= 11 is 5.15. The third-order valence-electron chi connectivity index (χ3n) is 3.18. The van der Waals surface area contributed by atoms with Crippen molar-refractivity contribution in [3.8, 4) is 16.9 Å². The number of H-pyrrole nitrogens is 1. The molecular weight excluding hydrogens is 499 g/mol. The van der Waals surface area contributed by atoms with Gasteiger partial charge in [-0.25, -0.2) is 9.59 Å². The predicted molar refractivity (Wildman–Crippen MR) is 97.8 cm³/mol. The van der Waals surface area contributed by atoms with Crippen molar-refractivity contribution in [1.29, 1.82) is 0 Å². The number of nitrogen functional groups attached to an aromatic ring is 1. The molecule has 2 aromatic rings. The first kappa shape index (κ1) is 18.3. The molecule has 1 aromatic carbocycles. The van der Waals surface area contributed by atoms with Crippen LogP contribution in [0.5, 0.6) is 5.75 Å². The van der Waals surface area contributed by atoms with E-state index in [-0.39, 0.29) is 11.1 Å². The van der Waals surface area contributed by atoms with Crippen LogP contribution >= 0.6 is 38.5 Å². The second-order valence-electron chi connectivity index (χ2n) is 4.57. The molecule has 24 heavy (non-hydrogen) atoms. The molecule has 126 valence electrons. The minimum Gasteiger partial charge on any atom is -0.496 e. The molecule has 0 aliphatic heterocycles.